The molecule has 0 aliphatic heterocycles. The van der Waals surface area contributed by atoms with Crippen molar-refractivity contribution in [2.75, 3.05) is 0 Å². The number of para-hydroxylation sites is 1. The van der Waals surface area contributed by atoms with E-state index in [9.17, 15) is 10.0 Å². The van der Waals surface area contributed by atoms with Gasteiger partial charge in [0.05, 0.1) is 0 Å². The van der Waals surface area contributed by atoms with E-state index in [-0.39, 0.29) is 0 Å². The molecule has 0 spiro atoms. The van der Waals surface area contributed by atoms with Crippen molar-refractivity contribution in [2.45, 2.75) is 13.8 Å². The van der Waals surface area contributed by atoms with Gasteiger partial charge in [0.2, 0.25) is 0 Å². The maximum absolute atomic E-state index is 9.33. The van der Waals surface area contributed by atoms with Gasteiger partial charge in [-0.15, -0.1) is 0 Å². The Morgan fingerprint density at radius 1 is 0.938 bits per heavy atom. The summed E-state index contributed by atoms with van der Waals surface area (Å²) in [6, 6.07) is 11.3. The van der Waals surface area contributed by atoms with E-state index >= 15 is 0 Å². The van der Waals surface area contributed by atoms with Gasteiger partial charge in [0, 0.05) is 22.5 Å². The first-order valence-electron chi connectivity index (χ1n) is 5.21. The fourth-order valence-electron chi connectivity index (χ4n) is 1.96. The minimum Gasteiger partial charge on any atom is -0.423 e. The van der Waals surface area contributed by atoms with E-state index in [2.05, 4.69) is 0 Å². The quantitative estimate of drug-likeness (QED) is 0.727. The molecule has 0 radical (unpaired) electrons. The Morgan fingerprint density at radius 3 is 2.06 bits per heavy atom. The molecule has 1 aromatic heterocycles. The van der Waals surface area contributed by atoms with Crippen LogP contribution in [0.1, 0.15) is 11.4 Å². The first kappa shape index (κ1) is 11.0. The van der Waals surface area contributed by atoms with Crippen molar-refractivity contribution in [3.63, 3.8) is 0 Å². The van der Waals surface area contributed by atoms with Crippen LogP contribution in [0.3, 0.4) is 0 Å². The van der Waals surface area contributed by atoms with Crippen molar-refractivity contribution < 1.29 is 10.0 Å². The van der Waals surface area contributed by atoms with Crippen molar-refractivity contribution in [3.8, 4) is 5.69 Å². The lowest BCUT2D eigenvalue weighted by molar-refractivity contribution is 0.425. The second-order valence-electron chi connectivity index (χ2n) is 3.88. The van der Waals surface area contributed by atoms with Crippen LogP contribution in [-0.2, 0) is 0 Å². The van der Waals surface area contributed by atoms with Crippen molar-refractivity contribution in [1.29, 1.82) is 0 Å². The fraction of sp³-hybridized carbons (Fsp3) is 0.167. The predicted molar refractivity (Wildman–Crippen MR) is 65.1 cm³/mol. The van der Waals surface area contributed by atoms with E-state index in [0.717, 1.165) is 17.1 Å². The number of hydrogen-bond donors (Lipinski definition) is 2. The smallest absolute Gasteiger partial charge is 0.423 e. The van der Waals surface area contributed by atoms with Gasteiger partial charge < -0.3 is 14.6 Å². The molecule has 0 bridgehead atoms. The van der Waals surface area contributed by atoms with Crippen molar-refractivity contribution in [2.24, 2.45) is 0 Å². The zero-order chi connectivity index (χ0) is 11.7. The molecule has 0 amide bonds. The highest BCUT2D eigenvalue weighted by atomic mass is 16.4. The second kappa shape index (κ2) is 4.16. The highest BCUT2D eigenvalue weighted by Gasteiger charge is 2.17. The first-order valence-corrected chi connectivity index (χ1v) is 5.21. The van der Waals surface area contributed by atoms with Crippen LogP contribution in [-0.4, -0.2) is 21.7 Å². The fourth-order valence-corrected chi connectivity index (χ4v) is 1.96. The minimum atomic E-state index is -1.45. The van der Waals surface area contributed by atoms with Gasteiger partial charge in [-0.1, -0.05) is 18.2 Å². The number of nitrogens with zero attached hydrogens (tertiary/aromatic N) is 1. The second-order valence-corrected chi connectivity index (χ2v) is 3.88. The molecule has 4 heteroatoms. The van der Waals surface area contributed by atoms with Crippen LogP contribution in [0.4, 0.5) is 0 Å². The topological polar surface area (TPSA) is 45.4 Å². The monoisotopic (exact) mass is 215 g/mol. The SMILES string of the molecule is Cc1ccc(C)n1-c1ccccc1B(O)O. The molecule has 0 unspecified atom stereocenters. The first-order chi connectivity index (χ1) is 7.61. The lowest BCUT2D eigenvalue weighted by atomic mass is 9.79. The molecule has 1 heterocycles. The van der Waals surface area contributed by atoms with E-state index in [1.54, 1.807) is 12.1 Å². The van der Waals surface area contributed by atoms with Gasteiger partial charge in [-0.3, -0.25) is 0 Å². The van der Waals surface area contributed by atoms with E-state index < -0.39 is 7.12 Å². The molecule has 2 aromatic rings. The zero-order valence-electron chi connectivity index (χ0n) is 9.38. The summed E-state index contributed by atoms with van der Waals surface area (Å²) in [6.45, 7) is 3.99. The Kier molecular flexibility index (Phi) is 2.85. The number of aromatic nitrogens is 1. The van der Waals surface area contributed by atoms with E-state index in [1.165, 1.54) is 0 Å². The Hall–Kier alpha value is -1.52. The molecule has 0 aliphatic carbocycles. The van der Waals surface area contributed by atoms with Gasteiger partial charge in [-0.25, -0.2) is 0 Å². The summed E-state index contributed by atoms with van der Waals surface area (Å²) in [6.07, 6.45) is 0. The zero-order valence-corrected chi connectivity index (χ0v) is 9.38. The summed E-state index contributed by atoms with van der Waals surface area (Å²) < 4.78 is 2.01. The number of rotatable bonds is 2. The molecule has 82 valence electrons. The number of hydrogen-bond acceptors (Lipinski definition) is 2. The van der Waals surface area contributed by atoms with Gasteiger partial charge in [0.1, 0.15) is 0 Å². The van der Waals surface area contributed by atoms with Crippen LogP contribution in [0.15, 0.2) is 36.4 Å². The van der Waals surface area contributed by atoms with E-state index in [4.69, 9.17) is 0 Å². The normalized spacial score (nSPS) is 10.5. The van der Waals surface area contributed by atoms with Gasteiger partial charge >= 0.3 is 7.12 Å². The largest absolute Gasteiger partial charge is 0.490 e. The Labute approximate surface area is 95.1 Å². The highest BCUT2D eigenvalue weighted by molar-refractivity contribution is 6.60. The molecule has 1 aromatic carbocycles. The standard InChI is InChI=1S/C12H14BNO2/c1-9-7-8-10(2)14(9)12-6-4-3-5-11(12)13(15)16/h3-8,15-16H,1-2H3. The summed E-state index contributed by atoms with van der Waals surface area (Å²) in [5, 5.41) is 18.7. The minimum absolute atomic E-state index is 0.518. The molecular weight excluding hydrogens is 201 g/mol. The molecule has 3 nitrogen and oxygen atoms in total. The van der Waals surface area contributed by atoms with Crippen LogP contribution in [0.2, 0.25) is 0 Å². The Morgan fingerprint density at radius 2 is 1.50 bits per heavy atom. The summed E-state index contributed by atoms with van der Waals surface area (Å²) >= 11 is 0. The van der Waals surface area contributed by atoms with Crippen molar-refractivity contribution >= 4 is 12.6 Å². The molecule has 0 aliphatic rings. The molecule has 0 atom stereocenters. The summed E-state index contributed by atoms with van der Waals surface area (Å²) in [4.78, 5) is 0. The molecule has 16 heavy (non-hydrogen) atoms. The molecule has 2 rings (SSSR count). The van der Waals surface area contributed by atoms with Gasteiger partial charge in [0.15, 0.2) is 0 Å². The summed E-state index contributed by atoms with van der Waals surface area (Å²) in [7, 11) is -1.45. The third-order valence-corrected chi connectivity index (χ3v) is 2.73. The lowest BCUT2D eigenvalue weighted by Gasteiger charge is -2.14. The van der Waals surface area contributed by atoms with Crippen molar-refractivity contribution in [1.82, 2.24) is 4.57 Å². The third kappa shape index (κ3) is 1.77. The maximum Gasteiger partial charge on any atom is 0.490 e. The van der Waals surface area contributed by atoms with Crippen LogP contribution >= 0.6 is 0 Å². The molecule has 2 N–H and O–H groups in total. The molecule has 0 saturated carbocycles. The average molecular weight is 215 g/mol. The number of aryl methyl sites for hydroxylation is 2. The van der Waals surface area contributed by atoms with Crippen LogP contribution in [0.5, 0.6) is 0 Å². The van der Waals surface area contributed by atoms with Crippen molar-refractivity contribution in [3.05, 3.63) is 47.8 Å². The van der Waals surface area contributed by atoms with Gasteiger partial charge in [-0.2, -0.15) is 0 Å². The molecular formula is C12H14BNO2. The predicted octanol–water partition coefficient (Wildman–Crippen LogP) is 0.774. The van der Waals surface area contributed by atoms with E-state index in [1.807, 2.05) is 42.7 Å². The summed E-state index contributed by atoms with van der Waals surface area (Å²) in [5.74, 6) is 0. The van der Waals surface area contributed by atoms with Crippen LogP contribution in [0, 0.1) is 13.8 Å². The van der Waals surface area contributed by atoms with E-state index in [0.29, 0.717) is 5.46 Å². The van der Waals surface area contributed by atoms with Crippen LogP contribution in [0.25, 0.3) is 5.69 Å². The maximum atomic E-state index is 9.33. The average Bonchev–Trinajstić information content (AvgIpc) is 2.58. The van der Waals surface area contributed by atoms with Gasteiger partial charge in [-0.05, 0) is 32.0 Å². The molecule has 0 saturated heterocycles. The third-order valence-electron chi connectivity index (χ3n) is 2.73. The van der Waals surface area contributed by atoms with Crippen LogP contribution < -0.4 is 5.46 Å². The Balaban J connectivity index is 2.64. The summed E-state index contributed by atoms with van der Waals surface area (Å²) in [5.41, 5.74) is 3.48. The lowest BCUT2D eigenvalue weighted by Crippen LogP contribution is -2.33. The molecule has 0 fully saturated rings. The highest BCUT2D eigenvalue weighted by Crippen LogP contribution is 2.14. The Bertz CT molecular complexity index is 486. The van der Waals surface area contributed by atoms with Gasteiger partial charge in [0.25, 0.3) is 0 Å². The number of benzene rings is 1.